The van der Waals surface area contributed by atoms with Gasteiger partial charge in [-0.1, -0.05) is 48.5 Å². The molecule has 4 heteroatoms. The number of hydrogen-bond donors (Lipinski definition) is 2. The summed E-state index contributed by atoms with van der Waals surface area (Å²) in [4.78, 5) is 12.1. The number of fused-ring (bicyclic) bond motifs is 1. The highest BCUT2D eigenvalue weighted by Crippen LogP contribution is 2.22. The summed E-state index contributed by atoms with van der Waals surface area (Å²) >= 11 is 0. The maximum absolute atomic E-state index is 13.6. The van der Waals surface area contributed by atoms with Crippen molar-refractivity contribution in [2.24, 2.45) is 0 Å². The maximum Gasteiger partial charge on any atom is 0.279 e. The van der Waals surface area contributed by atoms with E-state index in [9.17, 15) is 9.18 Å². The predicted molar refractivity (Wildman–Crippen MR) is 98.9 cm³/mol. The number of rotatable bonds is 5. The Bertz CT molecular complexity index is 902. The topological polar surface area (TPSA) is 45.7 Å². The van der Waals surface area contributed by atoms with Crippen LogP contribution in [0.3, 0.4) is 0 Å². The number of quaternary nitrogens is 1. The van der Waals surface area contributed by atoms with E-state index in [0.717, 1.165) is 0 Å². The first-order valence-corrected chi connectivity index (χ1v) is 8.41. The second-order valence-electron chi connectivity index (χ2n) is 6.31. The molecule has 3 aromatic carbocycles. The monoisotopic (exact) mass is 337 g/mol. The normalized spacial score (nSPS) is 12.1. The molecule has 128 valence electrons. The third-order valence-electron chi connectivity index (χ3n) is 4.43. The van der Waals surface area contributed by atoms with Gasteiger partial charge in [0, 0.05) is 11.3 Å². The van der Waals surface area contributed by atoms with E-state index < -0.39 is 0 Å². The Kier molecular flexibility index (Phi) is 5.10. The van der Waals surface area contributed by atoms with Gasteiger partial charge >= 0.3 is 0 Å². The first-order chi connectivity index (χ1) is 12.0. The number of carbonyl (C=O) groups excluding carboxylic acids is 1. The number of hydrogen-bond acceptors (Lipinski definition) is 1. The SMILES string of the molecule is Cc1ccc(NC(=O)C[NH2+][C@H](C)c2cccc3ccccc23)cc1F. The van der Waals surface area contributed by atoms with Crippen molar-refractivity contribution in [3.8, 4) is 0 Å². The van der Waals surface area contributed by atoms with Gasteiger partial charge in [0.05, 0.1) is 0 Å². The van der Waals surface area contributed by atoms with Crippen LogP contribution in [-0.2, 0) is 4.79 Å². The number of halogens is 1. The van der Waals surface area contributed by atoms with Crippen molar-refractivity contribution in [1.82, 2.24) is 0 Å². The Labute approximate surface area is 146 Å². The largest absolute Gasteiger partial charge is 0.332 e. The Morgan fingerprint density at radius 2 is 1.88 bits per heavy atom. The lowest BCUT2D eigenvalue weighted by molar-refractivity contribution is -0.682. The smallest absolute Gasteiger partial charge is 0.279 e. The highest BCUT2D eigenvalue weighted by molar-refractivity contribution is 5.91. The number of carbonyl (C=O) groups is 1. The van der Waals surface area contributed by atoms with Crippen LogP contribution >= 0.6 is 0 Å². The predicted octanol–water partition coefficient (Wildman–Crippen LogP) is 3.55. The quantitative estimate of drug-likeness (QED) is 0.735. The number of aryl methyl sites for hydroxylation is 1. The molecule has 0 saturated heterocycles. The zero-order chi connectivity index (χ0) is 17.8. The molecule has 3 aromatic rings. The first-order valence-electron chi connectivity index (χ1n) is 8.41. The van der Waals surface area contributed by atoms with Crippen molar-refractivity contribution in [1.29, 1.82) is 0 Å². The second kappa shape index (κ2) is 7.45. The summed E-state index contributed by atoms with van der Waals surface area (Å²) in [6.45, 7) is 4.06. The number of benzene rings is 3. The molecule has 1 atom stereocenters. The molecule has 0 aromatic heterocycles. The van der Waals surface area contributed by atoms with Crippen LogP contribution < -0.4 is 10.6 Å². The number of nitrogens with one attached hydrogen (secondary N) is 1. The van der Waals surface area contributed by atoms with Gasteiger partial charge in [0.15, 0.2) is 6.54 Å². The molecule has 0 radical (unpaired) electrons. The van der Waals surface area contributed by atoms with Crippen LogP contribution in [0.2, 0.25) is 0 Å². The fraction of sp³-hybridized carbons (Fsp3) is 0.190. The van der Waals surface area contributed by atoms with Crippen molar-refractivity contribution in [3.63, 3.8) is 0 Å². The van der Waals surface area contributed by atoms with Crippen LogP contribution in [0.1, 0.15) is 24.1 Å². The molecular formula is C21H22FN2O+. The van der Waals surface area contributed by atoms with Crippen LogP contribution in [0.4, 0.5) is 10.1 Å². The van der Waals surface area contributed by atoms with Gasteiger partial charge in [-0.05, 0) is 42.3 Å². The molecule has 0 aliphatic heterocycles. The summed E-state index contributed by atoms with van der Waals surface area (Å²) in [5, 5.41) is 7.13. The standard InChI is InChI=1S/C21H21FN2O/c1-14-10-11-17(12-20(14)22)24-21(25)13-23-15(2)18-9-5-7-16-6-3-4-8-19(16)18/h3-12,15,23H,13H2,1-2H3,(H,24,25)/p+1/t15-/m1/s1. The number of nitrogens with two attached hydrogens (primary N) is 1. The summed E-state index contributed by atoms with van der Waals surface area (Å²) < 4.78 is 13.6. The third kappa shape index (κ3) is 4.03. The molecule has 3 N–H and O–H groups in total. The summed E-state index contributed by atoms with van der Waals surface area (Å²) in [5.74, 6) is -0.457. The average Bonchev–Trinajstić information content (AvgIpc) is 2.62. The lowest BCUT2D eigenvalue weighted by atomic mass is 10.00. The van der Waals surface area contributed by atoms with Gasteiger partial charge in [-0.15, -0.1) is 0 Å². The molecule has 0 heterocycles. The lowest BCUT2D eigenvalue weighted by Gasteiger charge is -2.14. The molecule has 0 spiro atoms. The Morgan fingerprint density at radius 1 is 1.12 bits per heavy atom. The highest BCUT2D eigenvalue weighted by Gasteiger charge is 2.14. The molecule has 0 unspecified atom stereocenters. The Balaban J connectivity index is 1.64. The molecule has 25 heavy (non-hydrogen) atoms. The van der Waals surface area contributed by atoms with E-state index in [2.05, 4.69) is 36.5 Å². The van der Waals surface area contributed by atoms with Crippen LogP contribution in [0.15, 0.2) is 60.7 Å². The summed E-state index contributed by atoms with van der Waals surface area (Å²) in [6, 6.07) is 19.3. The third-order valence-corrected chi connectivity index (χ3v) is 4.43. The van der Waals surface area contributed by atoms with Crippen molar-refractivity contribution in [3.05, 3.63) is 77.6 Å². The van der Waals surface area contributed by atoms with Gasteiger partial charge in [0.25, 0.3) is 5.91 Å². The van der Waals surface area contributed by atoms with Gasteiger partial charge in [-0.25, -0.2) is 4.39 Å². The molecule has 0 saturated carbocycles. The molecule has 0 fully saturated rings. The average molecular weight is 337 g/mol. The van der Waals surface area contributed by atoms with Gasteiger partial charge in [0.2, 0.25) is 0 Å². The number of amides is 1. The van der Waals surface area contributed by atoms with E-state index in [4.69, 9.17) is 0 Å². The van der Waals surface area contributed by atoms with E-state index in [0.29, 0.717) is 11.3 Å². The molecule has 0 aliphatic rings. The lowest BCUT2D eigenvalue weighted by Crippen LogP contribution is -2.86. The molecule has 1 amide bonds. The van der Waals surface area contributed by atoms with Crippen molar-refractivity contribution >= 4 is 22.4 Å². The first kappa shape index (κ1) is 17.1. The van der Waals surface area contributed by atoms with E-state index in [1.165, 1.54) is 22.4 Å². The fourth-order valence-corrected chi connectivity index (χ4v) is 2.94. The van der Waals surface area contributed by atoms with Gasteiger partial charge < -0.3 is 10.6 Å². The minimum Gasteiger partial charge on any atom is -0.332 e. The van der Waals surface area contributed by atoms with Gasteiger partial charge in [0.1, 0.15) is 11.9 Å². The van der Waals surface area contributed by atoms with E-state index in [1.54, 1.807) is 19.1 Å². The Hall–Kier alpha value is -2.72. The van der Waals surface area contributed by atoms with E-state index in [1.807, 2.05) is 23.5 Å². The van der Waals surface area contributed by atoms with Gasteiger partial charge in [-0.3, -0.25) is 4.79 Å². The van der Waals surface area contributed by atoms with Crippen LogP contribution in [-0.4, -0.2) is 12.5 Å². The van der Waals surface area contributed by atoms with Crippen molar-refractivity contribution < 1.29 is 14.5 Å². The van der Waals surface area contributed by atoms with Crippen molar-refractivity contribution in [2.45, 2.75) is 19.9 Å². The fourth-order valence-electron chi connectivity index (χ4n) is 2.94. The highest BCUT2D eigenvalue weighted by atomic mass is 19.1. The molecular weight excluding hydrogens is 315 g/mol. The zero-order valence-corrected chi connectivity index (χ0v) is 14.4. The summed E-state index contributed by atoms with van der Waals surface area (Å²) in [7, 11) is 0. The second-order valence-corrected chi connectivity index (χ2v) is 6.31. The number of anilines is 1. The summed E-state index contributed by atoms with van der Waals surface area (Å²) in [5.41, 5.74) is 2.25. The van der Waals surface area contributed by atoms with E-state index >= 15 is 0 Å². The minimum atomic E-state index is -0.314. The van der Waals surface area contributed by atoms with Crippen molar-refractivity contribution in [2.75, 3.05) is 11.9 Å². The molecule has 3 nitrogen and oxygen atoms in total. The zero-order valence-electron chi connectivity index (χ0n) is 14.4. The van der Waals surface area contributed by atoms with Crippen LogP contribution in [0.5, 0.6) is 0 Å². The molecule has 3 rings (SSSR count). The van der Waals surface area contributed by atoms with E-state index in [-0.39, 0.29) is 24.3 Å². The van der Waals surface area contributed by atoms with Crippen LogP contribution in [0, 0.1) is 12.7 Å². The molecule has 0 aliphatic carbocycles. The summed E-state index contributed by atoms with van der Waals surface area (Å²) in [6.07, 6.45) is 0. The maximum atomic E-state index is 13.6. The van der Waals surface area contributed by atoms with Crippen LogP contribution in [0.25, 0.3) is 10.8 Å². The molecule has 0 bridgehead atoms. The Morgan fingerprint density at radius 3 is 2.68 bits per heavy atom. The van der Waals surface area contributed by atoms with Gasteiger partial charge in [-0.2, -0.15) is 0 Å². The minimum absolute atomic E-state index is 0.143.